The number of para-hydroxylation sites is 1. The molecule has 1 heterocycles. The Kier molecular flexibility index (Phi) is 3.76. The molecule has 1 unspecified atom stereocenters. The molecule has 1 amide bonds. The van der Waals surface area contributed by atoms with E-state index >= 15 is 0 Å². The molecule has 1 aromatic carbocycles. The predicted molar refractivity (Wildman–Crippen MR) is 66.5 cm³/mol. The van der Waals surface area contributed by atoms with Crippen molar-refractivity contribution in [3.05, 3.63) is 30.3 Å². The number of Topliss-reactive ketones (excluding diaryl/α,β-unsaturated/α-hetero) is 1. The summed E-state index contributed by atoms with van der Waals surface area (Å²) >= 11 is 0. The summed E-state index contributed by atoms with van der Waals surface area (Å²) in [6.45, 7) is 1.05. The summed E-state index contributed by atoms with van der Waals surface area (Å²) in [5.74, 6) is -11.6. The molecular weight excluding hydrogens is 311 g/mol. The Morgan fingerprint density at radius 3 is 2.18 bits per heavy atom. The van der Waals surface area contributed by atoms with Gasteiger partial charge in [-0.15, -0.1) is 0 Å². The van der Waals surface area contributed by atoms with Crippen LogP contribution in [-0.2, 0) is 9.59 Å². The van der Waals surface area contributed by atoms with Crippen LogP contribution in [0.25, 0.3) is 0 Å². The maximum Gasteiger partial charge on any atom is 0.461 e. The number of benzene rings is 1. The minimum absolute atomic E-state index is 0.164. The van der Waals surface area contributed by atoms with Crippen molar-refractivity contribution in [3.8, 4) is 0 Å². The van der Waals surface area contributed by atoms with Gasteiger partial charge < -0.3 is 0 Å². The van der Waals surface area contributed by atoms with Crippen molar-refractivity contribution in [2.75, 3.05) is 5.01 Å². The van der Waals surface area contributed by atoms with Gasteiger partial charge in [0.1, 0.15) is 5.92 Å². The maximum atomic E-state index is 13.2. The molecule has 0 radical (unpaired) electrons. The average molecular weight is 320 g/mol. The lowest BCUT2D eigenvalue weighted by Gasteiger charge is -2.21. The first-order valence-corrected chi connectivity index (χ1v) is 6.00. The van der Waals surface area contributed by atoms with Gasteiger partial charge in [-0.1, -0.05) is 18.2 Å². The Morgan fingerprint density at radius 1 is 1.14 bits per heavy atom. The van der Waals surface area contributed by atoms with Crippen LogP contribution < -0.4 is 5.01 Å². The lowest BCUT2D eigenvalue weighted by atomic mass is 9.94. The number of alkyl halides is 5. The van der Waals surface area contributed by atoms with Crippen molar-refractivity contribution < 1.29 is 31.5 Å². The minimum atomic E-state index is -6.06. The summed E-state index contributed by atoms with van der Waals surface area (Å²) in [4.78, 5) is 23.5. The molecule has 9 heteroatoms. The van der Waals surface area contributed by atoms with E-state index in [4.69, 9.17) is 0 Å². The molecule has 0 spiro atoms. The SMILES string of the molecule is CC1=NN(c2ccccc2)C(=O)C1C(=O)C(F)(F)C(F)(F)F. The molecular formula is C13H9F5N2O2. The number of hydrogen-bond acceptors (Lipinski definition) is 3. The van der Waals surface area contributed by atoms with E-state index in [1.165, 1.54) is 24.3 Å². The Balaban J connectivity index is 2.34. The van der Waals surface area contributed by atoms with Gasteiger partial charge in [-0.25, -0.2) is 0 Å². The van der Waals surface area contributed by atoms with E-state index in [1.807, 2.05) is 0 Å². The van der Waals surface area contributed by atoms with Gasteiger partial charge in [0.2, 0.25) is 5.78 Å². The molecule has 0 aromatic heterocycles. The number of rotatable bonds is 3. The first kappa shape index (κ1) is 16.1. The van der Waals surface area contributed by atoms with Gasteiger partial charge in [0, 0.05) is 0 Å². The molecule has 1 aliphatic heterocycles. The van der Waals surface area contributed by atoms with Crippen LogP contribution in [0.2, 0.25) is 0 Å². The fraction of sp³-hybridized carbons (Fsp3) is 0.308. The number of nitrogens with zero attached hydrogens (tertiary/aromatic N) is 2. The summed E-state index contributed by atoms with van der Waals surface area (Å²) < 4.78 is 63.1. The Labute approximate surface area is 121 Å². The number of carbonyl (C=O) groups excluding carboxylic acids is 2. The molecule has 0 aliphatic carbocycles. The maximum absolute atomic E-state index is 13.2. The molecule has 4 nitrogen and oxygen atoms in total. The van der Waals surface area contributed by atoms with E-state index in [2.05, 4.69) is 5.10 Å². The van der Waals surface area contributed by atoms with Crippen LogP contribution in [0.15, 0.2) is 35.4 Å². The summed E-state index contributed by atoms with van der Waals surface area (Å²) in [7, 11) is 0. The topological polar surface area (TPSA) is 49.7 Å². The largest absolute Gasteiger partial charge is 0.461 e. The Hall–Kier alpha value is -2.32. The smallest absolute Gasteiger partial charge is 0.291 e. The van der Waals surface area contributed by atoms with E-state index in [-0.39, 0.29) is 5.69 Å². The van der Waals surface area contributed by atoms with Crippen LogP contribution in [0, 0.1) is 5.92 Å². The van der Waals surface area contributed by atoms with Crippen molar-refractivity contribution in [2.24, 2.45) is 11.0 Å². The normalized spacial score (nSPS) is 19.4. The van der Waals surface area contributed by atoms with E-state index in [1.54, 1.807) is 6.07 Å². The molecule has 22 heavy (non-hydrogen) atoms. The summed E-state index contributed by atoms with van der Waals surface area (Å²) in [5, 5.41) is 4.26. The highest BCUT2D eigenvalue weighted by Gasteiger charge is 2.66. The van der Waals surface area contributed by atoms with Gasteiger partial charge in [-0.3, -0.25) is 9.59 Å². The summed E-state index contributed by atoms with van der Waals surface area (Å²) in [6.07, 6.45) is -6.06. The number of hydrogen-bond donors (Lipinski definition) is 0. The quantitative estimate of drug-likeness (QED) is 0.635. The number of anilines is 1. The van der Waals surface area contributed by atoms with Gasteiger partial charge in [0.15, 0.2) is 0 Å². The second kappa shape index (κ2) is 5.15. The third-order valence-corrected chi connectivity index (χ3v) is 3.06. The molecule has 1 atom stereocenters. The molecule has 1 aromatic rings. The standard InChI is InChI=1S/C13H9F5N2O2/c1-7-9(10(21)12(14,15)13(16,17)18)11(22)20(19-7)8-5-3-2-4-6-8/h2-6,9H,1H3. The highest BCUT2D eigenvalue weighted by atomic mass is 19.4. The van der Waals surface area contributed by atoms with E-state index in [0.717, 1.165) is 6.92 Å². The van der Waals surface area contributed by atoms with Gasteiger partial charge >= 0.3 is 12.1 Å². The fourth-order valence-corrected chi connectivity index (χ4v) is 1.94. The third-order valence-electron chi connectivity index (χ3n) is 3.06. The zero-order chi connectivity index (χ0) is 16.7. The van der Waals surface area contributed by atoms with E-state index in [0.29, 0.717) is 5.01 Å². The summed E-state index contributed by atoms with van der Waals surface area (Å²) in [6, 6.07) is 7.47. The third kappa shape index (κ3) is 2.46. The highest BCUT2D eigenvalue weighted by molar-refractivity contribution is 6.28. The number of halogens is 5. The first-order valence-electron chi connectivity index (χ1n) is 6.00. The Morgan fingerprint density at radius 2 is 1.68 bits per heavy atom. The second-order valence-corrected chi connectivity index (χ2v) is 4.60. The lowest BCUT2D eigenvalue weighted by Crippen LogP contribution is -2.50. The zero-order valence-corrected chi connectivity index (χ0v) is 11.1. The van der Waals surface area contributed by atoms with Crippen LogP contribution in [-0.4, -0.2) is 29.5 Å². The fourth-order valence-electron chi connectivity index (χ4n) is 1.94. The van der Waals surface area contributed by atoms with Crippen molar-refractivity contribution in [1.82, 2.24) is 0 Å². The number of ketones is 1. The van der Waals surface area contributed by atoms with Crippen LogP contribution in [0.4, 0.5) is 27.6 Å². The molecule has 0 saturated carbocycles. The van der Waals surface area contributed by atoms with Gasteiger partial charge in [0.05, 0.1) is 11.4 Å². The molecule has 0 N–H and O–H groups in total. The first-order chi connectivity index (χ1) is 10.1. The van der Waals surface area contributed by atoms with Crippen LogP contribution >= 0.6 is 0 Å². The van der Waals surface area contributed by atoms with Crippen LogP contribution in [0.3, 0.4) is 0 Å². The number of hydrazone groups is 1. The molecule has 0 fully saturated rings. The van der Waals surface area contributed by atoms with Crippen LogP contribution in [0.5, 0.6) is 0 Å². The molecule has 0 saturated heterocycles. The van der Waals surface area contributed by atoms with Crippen LogP contribution in [0.1, 0.15) is 6.92 Å². The molecule has 118 valence electrons. The van der Waals surface area contributed by atoms with E-state index < -0.39 is 35.4 Å². The molecule has 2 rings (SSSR count). The monoisotopic (exact) mass is 320 g/mol. The van der Waals surface area contributed by atoms with Gasteiger partial charge in [0.25, 0.3) is 5.91 Å². The highest BCUT2D eigenvalue weighted by Crippen LogP contribution is 2.39. The average Bonchev–Trinajstić information content (AvgIpc) is 2.73. The predicted octanol–water partition coefficient (Wildman–Crippen LogP) is 2.79. The van der Waals surface area contributed by atoms with E-state index in [9.17, 15) is 31.5 Å². The van der Waals surface area contributed by atoms with Crippen molar-refractivity contribution >= 4 is 23.1 Å². The number of amides is 1. The summed E-state index contributed by atoms with van der Waals surface area (Å²) in [5.41, 5.74) is -0.250. The second-order valence-electron chi connectivity index (χ2n) is 4.60. The minimum Gasteiger partial charge on any atom is -0.291 e. The van der Waals surface area contributed by atoms with Crippen molar-refractivity contribution in [1.29, 1.82) is 0 Å². The molecule has 1 aliphatic rings. The lowest BCUT2D eigenvalue weighted by molar-refractivity contribution is -0.269. The Bertz CT molecular complexity index is 640. The number of carbonyl (C=O) groups is 2. The van der Waals surface area contributed by atoms with Crippen molar-refractivity contribution in [3.63, 3.8) is 0 Å². The molecule has 0 bridgehead atoms. The van der Waals surface area contributed by atoms with Gasteiger partial charge in [-0.05, 0) is 19.1 Å². The van der Waals surface area contributed by atoms with Crippen molar-refractivity contribution in [2.45, 2.75) is 19.0 Å². The zero-order valence-electron chi connectivity index (χ0n) is 11.1. The van der Waals surface area contributed by atoms with Gasteiger partial charge in [-0.2, -0.15) is 32.1 Å².